The highest BCUT2D eigenvalue weighted by atomic mass is 32.2. The summed E-state index contributed by atoms with van der Waals surface area (Å²) in [6, 6.07) is 14.3. The molecule has 0 aromatic heterocycles. The van der Waals surface area contributed by atoms with Gasteiger partial charge >= 0.3 is 0 Å². The first kappa shape index (κ1) is 31.5. The van der Waals surface area contributed by atoms with Crippen LogP contribution in [-0.4, -0.2) is 8.42 Å². The van der Waals surface area contributed by atoms with Crippen LogP contribution in [0, 0.1) is 58.2 Å². The summed E-state index contributed by atoms with van der Waals surface area (Å²) in [5, 5.41) is -5.81. The molecule has 0 radical (unpaired) electrons. The Morgan fingerprint density at radius 3 is 0.953 bits per heavy atom. The number of benzene rings is 4. The minimum atomic E-state index is -5.74. The van der Waals surface area contributed by atoms with E-state index in [2.05, 4.69) is 0 Å². The number of rotatable bonds is 8. The lowest BCUT2D eigenvalue weighted by atomic mass is 10.1. The standard InChI is InChI=1S/C30H16F10O2S/c31-21-19(22(32)26(36)29(39)25(21)35)17(13-11-15-7-3-1-4-8-15)43(41,42)18(14-12-16-9-5-2-6-10-16)20-23(33)27(37)30(40)28(38)24(20)34/h1-14,17-18H. The number of sulfone groups is 1. The smallest absolute Gasteiger partial charge is 0.200 e. The zero-order valence-corrected chi connectivity index (χ0v) is 22.1. The summed E-state index contributed by atoms with van der Waals surface area (Å²) in [6.45, 7) is 0. The number of halogens is 10. The van der Waals surface area contributed by atoms with Crippen molar-refractivity contribution in [3.63, 3.8) is 0 Å². The normalized spacial score (nSPS) is 13.6. The molecular formula is C30H16F10O2S. The maximum Gasteiger partial charge on any atom is 0.200 e. The summed E-state index contributed by atoms with van der Waals surface area (Å²) in [5.74, 6) is -25.7. The van der Waals surface area contributed by atoms with Gasteiger partial charge in [0.25, 0.3) is 0 Å². The highest BCUT2D eigenvalue weighted by Crippen LogP contribution is 2.43. The number of hydrogen-bond acceptors (Lipinski definition) is 2. The monoisotopic (exact) mass is 630 g/mol. The highest BCUT2D eigenvalue weighted by molar-refractivity contribution is 7.92. The van der Waals surface area contributed by atoms with Crippen molar-refractivity contribution in [1.29, 1.82) is 0 Å². The van der Waals surface area contributed by atoms with Crippen LogP contribution in [0.2, 0.25) is 0 Å². The molecule has 4 rings (SSSR count). The second kappa shape index (κ2) is 12.5. The summed E-state index contributed by atoms with van der Waals surface area (Å²) in [5.41, 5.74) is -3.57. The minimum Gasteiger partial charge on any atom is -0.227 e. The highest BCUT2D eigenvalue weighted by Gasteiger charge is 2.43. The lowest BCUT2D eigenvalue weighted by molar-refractivity contribution is 0.369. The summed E-state index contributed by atoms with van der Waals surface area (Å²) < 4.78 is 173. The van der Waals surface area contributed by atoms with Crippen molar-refractivity contribution in [2.75, 3.05) is 0 Å². The molecule has 43 heavy (non-hydrogen) atoms. The topological polar surface area (TPSA) is 34.1 Å². The van der Waals surface area contributed by atoms with Crippen molar-refractivity contribution >= 4 is 22.0 Å². The molecule has 0 saturated carbocycles. The Balaban J connectivity index is 2.07. The average Bonchev–Trinajstić information content (AvgIpc) is 3.01. The molecule has 0 heterocycles. The van der Waals surface area contributed by atoms with Gasteiger partial charge in [0.1, 0.15) is 10.5 Å². The van der Waals surface area contributed by atoms with Crippen molar-refractivity contribution in [3.8, 4) is 0 Å². The van der Waals surface area contributed by atoms with Crippen molar-refractivity contribution in [2.24, 2.45) is 0 Å². The molecule has 0 N–H and O–H groups in total. The van der Waals surface area contributed by atoms with E-state index in [1.807, 2.05) is 0 Å². The maximum atomic E-state index is 15.0. The molecule has 0 spiro atoms. The van der Waals surface area contributed by atoms with E-state index in [1.165, 1.54) is 60.7 Å². The second-order valence-electron chi connectivity index (χ2n) is 8.94. The van der Waals surface area contributed by atoms with E-state index in [0.29, 0.717) is 12.2 Å². The van der Waals surface area contributed by atoms with E-state index in [9.17, 15) is 34.8 Å². The lowest BCUT2D eigenvalue weighted by Crippen LogP contribution is -2.25. The third kappa shape index (κ3) is 5.94. The fourth-order valence-electron chi connectivity index (χ4n) is 4.17. The van der Waals surface area contributed by atoms with Gasteiger partial charge in [-0.25, -0.2) is 52.3 Å². The molecule has 0 aliphatic rings. The largest absolute Gasteiger partial charge is 0.227 e. The third-order valence-corrected chi connectivity index (χ3v) is 8.49. The summed E-state index contributed by atoms with van der Waals surface area (Å²) in [6.07, 6.45) is 2.74. The molecule has 0 aliphatic carbocycles. The van der Waals surface area contributed by atoms with E-state index in [4.69, 9.17) is 0 Å². The van der Waals surface area contributed by atoms with Crippen LogP contribution < -0.4 is 0 Å². The minimum absolute atomic E-state index is 0.152. The van der Waals surface area contributed by atoms with Gasteiger partial charge in [-0.1, -0.05) is 85.0 Å². The third-order valence-electron chi connectivity index (χ3n) is 6.29. The quantitative estimate of drug-likeness (QED) is 0.111. The lowest BCUT2D eigenvalue weighted by Gasteiger charge is -2.23. The van der Waals surface area contributed by atoms with Crippen LogP contribution in [0.5, 0.6) is 0 Å². The Hall–Kier alpha value is -4.39. The van der Waals surface area contributed by atoms with Crippen LogP contribution in [-0.2, 0) is 9.84 Å². The Morgan fingerprint density at radius 2 is 0.674 bits per heavy atom. The molecular weight excluding hydrogens is 614 g/mol. The molecule has 0 aliphatic heterocycles. The van der Waals surface area contributed by atoms with Gasteiger partial charge in [-0.15, -0.1) is 0 Å². The van der Waals surface area contributed by atoms with E-state index in [-0.39, 0.29) is 11.1 Å². The molecule has 4 aromatic rings. The van der Waals surface area contributed by atoms with Gasteiger partial charge in [0.2, 0.25) is 11.6 Å². The van der Waals surface area contributed by atoms with Gasteiger partial charge in [-0.3, -0.25) is 0 Å². The van der Waals surface area contributed by atoms with E-state index in [1.54, 1.807) is 0 Å². The van der Waals surface area contributed by atoms with Crippen molar-refractivity contribution < 1.29 is 52.3 Å². The fraction of sp³-hybridized carbons (Fsp3) is 0.0667. The predicted octanol–water partition coefficient (Wildman–Crippen LogP) is 8.70. The molecule has 2 unspecified atom stereocenters. The van der Waals surface area contributed by atoms with Gasteiger partial charge in [0.05, 0.1) is 11.1 Å². The fourth-order valence-corrected chi connectivity index (χ4v) is 6.15. The molecule has 0 bridgehead atoms. The Morgan fingerprint density at radius 1 is 0.419 bits per heavy atom. The van der Waals surface area contributed by atoms with Gasteiger partial charge < -0.3 is 0 Å². The molecule has 2 atom stereocenters. The molecule has 0 fully saturated rings. The molecule has 0 amide bonds. The van der Waals surface area contributed by atoms with Gasteiger partial charge in [0, 0.05) is 0 Å². The van der Waals surface area contributed by atoms with Crippen molar-refractivity contribution in [1.82, 2.24) is 0 Å². The Labute approximate surface area is 238 Å². The van der Waals surface area contributed by atoms with E-state index in [0.717, 1.165) is 12.2 Å². The SMILES string of the molecule is O=S(=O)(C(C=Cc1ccccc1)c1c(F)c(F)c(F)c(F)c1F)C(C=Cc1ccccc1)c1c(F)c(F)c(F)c(F)c1F. The Bertz CT molecular complexity index is 1650. The first-order chi connectivity index (χ1) is 20.3. The second-order valence-corrected chi connectivity index (χ2v) is 11.1. The van der Waals surface area contributed by atoms with Crippen LogP contribution in [0.15, 0.2) is 72.8 Å². The average molecular weight is 631 g/mol. The first-order valence-corrected chi connectivity index (χ1v) is 13.6. The van der Waals surface area contributed by atoms with Gasteiger partial charge in [-0.05, 0) is 11.1 Å². The molecule has 4 aromatic carbocycles. The van der Waals surface area contributed by atoms with Crippen LogP contribution in [0.3, 0.4) is 0 Å². The van der Waals surface area contributed by atoms with Crippen LogP contribution in [0.4, 0.5) is 43.9 Å². The summed E-state index contributed by atoms with van der Waals surface area (Å²) >= 11 is 0. The van der Waals surface area contributed by atoms with Crippen molar-refractivity contribution in [3.05, 3.63) is 153 Å². The first-order valence-electron chi connectivity index (χ1n) is 12.0. The molecule has 13 heteroatoms. The van der Waals surface area contributed by atoms with Gasteiger partial charge in [-0.2, -0.15) is 0 Å². The predicted molar refractivity (Wildman–Crippen MR) is 138 cm³/mol. The maximum absolute atomic E-state index is 15.0. The zero-order valence-electron chi connectivity index (χ0n) is 21.2. The summed E-state index contributed by atoms with van der Waals surface area (Å²) in [7, 11) is -5.74. The van der Waals surface area contributed by atoms with Crippen LogP contribution in [0.1, 0.15) is 32.8 Å². The van der Waals surface area contributed by atoms with E-state index < -0.39 is 89.6 Å². The molecule has 2 nitrogen and oxygen atoms in total. The van der Waals surface area contributed by atoms with E-state index >= 15 is 17.6 Å². The van der Waals surface area contributed by atoms with Crippen LogP contribution >= 0.6 is 0 Å². The summed E-state index contributed by atoms with van der Waals surface area (Å²) in [4.78, 5) is 0. The zero-order chi connectivity index (χ0) is 31.6. The number of hydrogen-bond donors (Lipinski definition) is 0. The van der Waals surface area contributed by atoms with Gasteiger partial charge in [0.15, 0.2) is 56.4 Å². The molecule has 0 saturated heterocycles. The Kier molecular flexibility index (Phi) is 9.14. The van der Waals surface area contributed by atoms with Crippen LogP contribution in [0.25, 0.3) is 12.2 Å². The molecule has 224 valence electrons. The van der Waals surface area contributed by atoms with Crippen molar-refractivity contribution in [2.45, 2.75) is 10.5 Å².